The van der Waals surface area contributed by atoms with Crippen molar-refractivity contribution in [2.45, 2.75) is 18.9 Å². The number of amides is 2. The zero-order valence-electron chi connectivity index (χ0n) is 17.0. The minimum absolute atomic E-state index is 0.0950. The highest BCUT2D eigenvalue weighted by Gasteiger charge is 2.37. The molecule has 0 aliphatic carbocycles. The number of piperazine rings is 1. The van der Waals surface area contributed by atoms with Gasteiger partial charge in [0.25, 0.3) is 5.91 Å². The summed E-state index contributed by atoms with van der Waals surface area (Å²) in [5.74, 6) is -0.571. The normalized spacial score (nSPS) is 19.6. The highest BCUT2D eigenvalue weighted by molar-refractivity contribution is 6.40. The van der Waals surface area contributed by atoms with Gasteiger partial charge in [-0.25, -0.2) is 0 Å². The Morgan fingerprint density at radius 3 is 2.20 bits per heavy atom. The van der Waals surface area contributed by atoms with Gasteiger partial charge in [-0.3, -0.25) is 19.5 Å². The number of nitrogens with two attached hydrogens (primary N) is 1. The number of benzene rings is 2. The average molecular weight is 406 g/mol. The molecule has 7 heteroatoms. The summed E-state index contributed by atoms with van der Waals surface area (Å²) in [7, 11) is 0. The van der Waals surface area contributed by atoms with Crippen LogP contribution in [0.2, 0.25) is 0 Å². The molecule has 0 bridgehead atoms. The molecule has 2 N–H and O–H groups in total. The lowest BCUT2D eigenvalue weighted by atomic mass is 10.1. The fraction of sp³-hybridized carbons (Fsp3) is 0.348. The maximum Gasteiger partial charge on any atom is 0.270 e. The Bertz CT molecular complexity index is 908. The lowest BCUT2D eigenvalue weighted by Crippen LogP contribution is -2.51. The quantitative estimate of drug-likeness (QED) is 0.790. The number of nitrogens with zero attached hydrogens (tertiary/aromatic N) is 4. The summed E-state index contributed by atoms with van der Waals surface area (Å²) in [5.41, 5.74) is 8.07. The topological polar surface area (TPSA) is 82.2 Å². The van der Waals surface area contributed by atoms with E-state index in [9.17, 15) is 9.59 Å². The van der Waals surface area contributed by atoms with Crippen molar-refractivity contribution in [3.63, 3.8) is 0 Å². The third kappa shape index (κ3) is 4.52. The van der Waals surface area contributed by atoms with E-state index in [-0.39, 0.29) is 12.3 Å². The van der Waals surface area contributed by atoms with E-state index in [4.69, 9.17) is 5.73 Å². The van der Waals surface area contributed by atoms with Crippen LogP contribution in [-0.2, 0) is 16.0 Å². The molecule has 4 rings (SSSR count). The highest BCUT2D eigenvalue weighted by atomic mass is 16.2. The summed E-state index contributed by atoms with van der Waals surface area (Å²) >= 11 is 0. The Kier molecular flexibility index (Phi) is 6.09. The molecule has 1 fully saturated rings. The molecule has 30 heavy (non-hydrogen) atoms. The van der Waals surface area contributed by atoms with Crippen molar-refractivity contribution in [2.75, 3.05) is 37.7 Å². The molecule has 0 radical (unpaired) electrons. The van der Waals surface area contributed by atoms with Gasteiger partial charge in [0.1, 0.15) is 11.8 Å². The van der Waals surface area contributed by atoms with Crippen molar-refractivity contribution in [1.82, 2.24) is 9.80 Å². The smallest absolute Gasteiger partial charge is 0.270 e. The molecule has 2 aromatic carbocycles. The Hall–Kier alpha value is -3.19. The van der Waals surface area contributed by atoms with Crippen LogP contribution in [0.3, 0.4) is 0 Å². The van der Waals surface area contributed by atoms with Crippen LogP contribution >= 0.6 is 0 Å². The second-order valence-electron chi connectivity index (χ2n) is 7.72. The second-order valence-corrected chi connectivity index (χ2v) is 7.72. The third-order valence-corrected chi connectivity index (χ3v) is 5.73. The number of anilines is 1. The van der Waals surface area contributed by atoms with Crippen LogP contribution in [0.4, 0.5) is 5.69 Å². The standard InChI is InChI=1S/C23H27N5O2/c24-22(29)21-17-20(25-28(21)19-9-5-2-6-10-19)23(30)27-15-13-26(14-16-27)12-11-18-7-3-1-4-8-18/h1-10,21H,11-17H2,(H2,24,29)/t21-/m0/s1. The van der Waals surface area contributed by atoms with Crippen LogP contribution in [0, 0.1) is 0 Å². The molecule has 1 saturated heterocycles. The summed E-state index contributed by atoms with van der Waals surface area (Å²) in [4.78, 5) is 29.2. The third-order valence-electron chi connectivity index (χ3n) is 5.73. The number of hydrogen-bond acceptors (Lipinski definition) is 5. The van der Waals surface area contributed by atoms with Gasteiger partial charge in [0.15, 0.2) is 0 Å². The average Bonchev–Trinajstić information content (AvgIpc) is 3.25. The van der Waals surface area contributed by atoms with Crippen molar-refractivity contribution in [3.05, 3.63) is 66.2 Å². The molecule has 7 nitrogen and oxygen atoms in total. The number of para-hydroxylation sites is 1. The maximum absolute atomic E-state index is 13.0. The van der Waals surface area contributed by atoms with Crippen LogP contribution in [0.5, 0.6) is 0 Å². The first kappa shape index (κ1) is 20.1. The molecule has 0 spiro atoms. The molecule has 2 aliphatic heterocycles. The molecule has 2 heterocycles. The van der Waals surface area contributed by atoms with Crippen molar-refractivity contribution in [1.29, 1.82) is 0 Å². The summed E-state index contributed by atoms with van der Waals surface area (Å²) < 4.78 is 0. The van der Waals surface area contributed by atoms with E-state index < -0.39 is 11.9 Å². The van der Waals surface area contributed by atoms with E-state index in [1.165, 1.54) is 5.56 Å². The Morgan fingerprint density at radius 2 is 1.57 bits per heavy atom. The van der Waals surface area contributed by atoms with Gasteiger partial charge < -0.3 is 10.6 Å². The summed E-state index contributed by atoms with van der Waals surface area (Å²) in [6, 6.07) is 19.2. The molecule has 0 saturated carbocycles. The number of rotatable bonds is 6. The van der Waals surface area contributed by atoms with E-state index >= 15 is 0 Å². The van der Waals surface area contributed by atoms with E-state index in [1.807, 2.05) is 41.3 Å². The summed E-state index contributed by atoms with van der Waals surface area (Å²) in [6.07, 6.45) is 1.26. The fourth-order valence-corrected chi connectivity index (χ4v) is 3.97. The largest absolute Gasteiger partial charge is 0.368 e. The molecule has 1 atom stereocenters. The maximum atomic E-state index is 13.0. The number of primary amides is 1. The van der Waals surface area contributed by atoms with E-state index in [0.717, 1.165) is 31.7 Å². The Labute approximate surface area is 176 Å². The highest BCUT2D eigenvalue weighted by Crippen LogP contribution is 2.25. The van der Waals surface area contributed by atoms with E-state index in [1.54, 1.807) is 5.01 Å². The molecule has 0 unspecified atom stereocenters. The number of hydrogen-bond donors (Lipinski definition) is 1. The summed E-state index contributed by atoms with van der Waals surface area (Å²) in [5, 5.41) is 6.05. The molecule has 0 aromatic heterocycles. The molecular weight excluding hydrogens is 378 g/mol. The Balaban J connectivity index is 1.35. The van der Waals surface area contributed by atoms with Crippen LogP contribution in [0.15, 0.2) is 65.8 Å². The van der Waals surface area contributed by atoms with Crippen LogP contribution in [-0.4, -0.2) is 66.1 Å². The van der Waals surface area contributed by atoms with Gasteiger partial charge in [-0.1, -0.05) is 48.5 Å². The summed E-state index contributed by atoms with van der Waals surface area (Å²) in [6.45, 7) is 4.00. The first-order valence-electron chi connectivity index (χ1n) is 10.4. The lowest BCUT2D eigenvalue weighted by Gasteiger charge is -2.34. The van der Waals surface area contributed by atoms with Gasteiger partial charge in [-0.05, 0) is 24.1 Å². The molecule has 2 aromatic rings. The lowest BCUT2D eigenvalue weighted by molar-refractivity contribution is -0.125. The second kappa shape index (κ2) is 9.09. The van der Waals surface area contributed by atoms with Crippen molar-refractivity contribution < 1.29 is 9.59 Å². The van der Waals surface area contributed by atoms with Crippen LogP contribution in [0.1, 0.15) is 12.0 Å². The van der Waals surface area contributed by atoms with Gasteiger partial charge in [0.05, 0.1) is 5.69 Å². The predicted octanol–water partition coefficient (Wildman–Crippen LogP) is 1.49. The number of carbonyl (C=O) groups excluding carboxylic acids is 2. The van der Waals surface area contributed by atoms with E-state index in [2.05, 4.69) is 34.3 Å². The minimum Gasteiger partial charge on any atom is -0.368 e. The number of carbonyl (C=O) groups is 2. The van der Waals surface area contributed by atoms with Crippen LogP contribution in [0.25, 0.3) is 0 Å². The molecule has 2 amide bonds. The minimum atomic E-state index is -0.626. The SMILES string of the molecule is NC(=O)[C@@H]1CC(C(=O)N2CCN(CCc3ccccc3)CC2)=NN1c1ccccc1. The molecular formula is C23H27N5O2. The molecule has 156 valence electrons. The number of hydrazone groups is 1. The predicted molar refractivity (Wildman–Crippen MR) is 117 cm³/mol. The zero-order valence-corrected chi connectivity index (χ0v) is 17.0. The first-order chi connectivity index (χ1) is 14.6. The van der Waals surface area contributed by atoms with Gasteiger partial charge in [-0.15, -0.1) is 0 Å². The van der Waals surface area contributed by atoms with Crippen molar-refractivity contribution in [3.8, 4) is 0 Å². The van der Waals surface area contributed by atoms with Gasteiger partial charge in [-0.2, -0.15) is 5.10 Å². The van der Waals surface area contributed by atoms with Crippen molar-refractivity contribution in [2.24, 2.45) is 10.8 Å². The zero-order chi connectivity index (χ0) is 20.9. The first-order valence-corrected chi connectivity index (χ1v) is 10.4. The molecule has 2 aliphatic rings. The fourth-order valence-electron chi connectivity index (χ4n) is 3.97. The van der Waals surface area contributed by atoms with Gasteiger partial charge >= 0.3 is 0 Å². The Morgan fingerprint density at radius 1 is 0.933 bits per heavy atom. The van der Waals surface area contributed by atoms with Crippen LogP contribution < -0.4 is 10.7 Å². The van der Waals surface area contributed by atoms with E-state index in [0.29, 0.717) is 18.8 Å². The monoisotopic (exact) mass is 405 g/mol. The van der Waals surface area contributed by atoms with Gasteiger partial charge in [0.2, 0.25) is 5.91 Å². The van der Waals surface area contributed by atoms with Gasteiger partial charge in [0, 0.05) is 39.1 Å². The van der Waals surface area contributed by atoms with Crippen molar-refractivity contribution >= 4 is 23.2 Å².